The average molecular weight is 309 g/mol. The van der Waals surface area contributed by atoms with Crippen LogP contribution in [-0.2, 0) is 11.2 Å². The highest BCUT2D eigenvalue weighted by Crippen LogP contribution is 2.20. The summed E-state index contributed by atoms with van der Waals surface area (Å²) in [5.74, 6) is -0.952. The molecular weight excluding hydrogens is 295 g/mol. The van der Waals surface area contributed by atoms with Crippen molar-refractivity contribution in [2.75, 3.05) is 5.32 Å². The summed E-state index contributed by atoms with van der Waals surface area (Å²) in [5, 5.41) is 11.9. The molecule has 21 heavy (non-hydrogen) atoms. The smallest absolute Gasteiger partial charge is 0.241 e. The molecule has 4 N–H and O–H groups in total. The zero-order valence-electron chi connectivity index (χ0n) is 11.0. The van der Waals surface area contributed by atoms with Crippen LogP contribution in [-0.4, -0.2) is 17.1 Å². The zero-order chi connectivity index (χ0) is 15.4. The molecule has 0 saturated heterocycles. The van der Waals surface area contributed by atoms with Crippen molar-refractivity contribution < 1.29 is 14.3 Å². The lowest BCUT2D eigenvalue weighted by Crippen LogP contribution is -2.37. The van der Waals surface area contributed by atoms with E-state index in [1.807, 2.05) is 0 Å². The topological polar surface area (TPSA) is 75.3 Å². The quantitative estimate of drug-likeness (QED) is 0.813. The third-order valence-electron chi connectivity index (χ3n) is 2.92. The number of hydrogen-bond acceptors (Lipinski definition) is 3. The fraction of sp³-hybridized carbons (Fsp3) is 0.133. The molecule has 2 rings (SSSR count). The third-order valence-corrected chi connectivity index (χ3v) is 3.15. The van der Waals surface area contributed by atoms with Crippen LogP contribution in [0.5, 0.6) is 5.75 Å². The van der Waals surface area contributed by atoms with Gasteiger partial charge in [0.15, 0.2) is 0 Å². The molecule has 0 aliphatic heterocycles. The minimum atomic E-state index is -0.840. The van der Waals surface area contributed by atoms with Gasteiger partial charge in [-0.25, -0.2) is 4.39 Å². The lowest BCUT2D eigenvalue weighted by molar-refractivity contribution is -0.117. The average Bonchev–Trinajstić information content (AvgIpc) is 2.45. The fourth-order valence-corrected chi connectivity index (χ4v) is 1.97. The number of aromatic hydroxyl groups is 1. The van der Waals surface area contributed by atoms with E-state index in [9.17, 15) is 14.3 Å². The first-order valence-corrected chi connectivity index (χ1v) is 6.63. The van der Waals surface area contributed by atoms with Crippen LogP contribution in [0.25, 0.3) is 0 Å². The van der Waals surface area contributed by atoms with Crippen LogP contribution in [0.1, 0.15) is 5.56 Å². The number of amides is 1. The number of carbonyl (C=O) groups is 1. The molecule has 6 heteroatoms. The number of carbonyl (C=O) groups excluding carboxylic acids is 1. The second-order valence-corrected chi connectivity index (χ2v) is 5.03. The Balaban J connectivity index is 2.02. The van der Waals surface area contributed by atoms with Gasteiger partial charge < -0.3 is 16.2 Å². The maximum absolute atomic E-state index is 13.5. The third kappa shape index (κ3) is 4.18. The summed E-state index contributed by atoms with van der Waals surface area (Å²) in [7, 11) is 0. The highest BCUT2D eigenvalue weighted by molar-refractivity contribution is 6.30. The Kier molecular flexibility index (Phi) is 4.77. The predicted molar refractivity (Wildman–Crippen MR) is 79.8 cm³/mol. The van der Waals surface area contributed by atoms with Crippen LogP contribution in [0.3, 0.4) is 0 Å². The Bertz CT molecular complexity index is 647. The molecule has 4 nitrogen and oxygen atoms in total. The fourth-order valence-electron chi connectivity index (χ4n) is 1.80. The summed E-state index contributed by atoms with van der Waals surface area (Å²) in [6.45, 7) is 0. The van der Waals surface area contributed by atoms with Crippen LogP contribution in [0.4, 0.5) is 10.1 Å². The highest BCUT2D eigenvalue weighted by atomic mass is 35.5. The van der Waals surface area contributed by atoms with Gasteiger partial charge in [0.1, 0.15) is 11.6 Å². The molecule has 1 amide bonds. The van der Waals surface area contributed by atoms with Gasteiger partial charge in [-0.05, 0) is 42.3 Å². The van der Waals surface area contributed by atoms with Crippen molar-refractivity contribution in [3.63, 3.8) is 0 Å². The normalized spacial score (nSPS) is 12.0. The van der Waals surface area contributed by atoms with Gasteiger partial charge in [0.05, 0.1) is 11.7 Å². The lowest BCUT2D eigenvalue weighted by Gasteiger charge is -2.13. The van der Waals surface area contributed by atoms with Crippen LogP contribution in [0, 0.1) is 5.82 Å². The number of nitrogens with two attached hydrogens (primary N) is 1. The van der Waals surface area contributed by atoms with E-state index in [0.29, 0.717) is 5.02 Å². The number of phenolic OH excluding ortho intramolecular Hbond substituents is 1. The van der Waals surface area contributed by atoms with Crippen LogP contribution >= 0.6 is 11.6 Å². The van der Waals surface area contributed by atoms with Crippen molar-refractivity contribution in [2.24, 2.45) is 5.73 Å². The van der Waals surface area contributed by atoms with Crippen molar-refractivity contribution in [1.82, 2.24) is 0 Å². The van der Waals surface area contributed by atoms with Gasteiger partial charge in [0.25, 0.3) is 0 Å². The molecule has 2 aromatic carbocycles. The first-order chi connectivity index (χ1) is 9.95. The molecule has 110 valence electrons. The summed E-state index contributed by atoms with van der Waals surface area (Å²) < 4.78 is 13.5. The maximum Gasteiger partial charge on any atom is 0.241 e. The number of benzene rings is 2. The molecule has 0 aliphatic carbocycles. The van der Waals surface area contributed by atoms with Gasteiger partial charge in [0, 0.05) is 5.02 Å². The lowest BCUT2D eigenvalue weighted by atomic mass is 10.1. The minimum Gasteiger partial charge on any atom is -0.508 e. The van der Waals surface area contributed by atoms with E-state index in [4.69, 9.17) is 17.3 Å². The SMILES string of the molecule is N[C@@H](Cc1ccc(O)cc1)C(=O)Nc1cc(Cl)ccc1F. The second kappa shape index (κ2) is 6.56. The number of hydrogen-bond donors (Lipinski definition) is 3. The number of rotatable bonds is 4. The van der Waals surface area contributed by atoms with Gasteiger partial charge in [0.2, 0.25) is 5.91 Å². The van der Waals surface area contributed by atoms with Gasteiger partial charge in [-0.1, -0.05) is 23.7 Å². The summed E-state index contributed by atoms with van der Waals surface area (Å²) in [4.78, 5) is 12.0. The first-order valence-electron chi connectivity index (χ1n) is 6.25. The van der Waals surface area contributed by atoms with Gasteiger partial charge >= 0.3 is 0 Å². The molecule has 0 saturated carbocycles. The molecule has 0 spiro atoms. The number of nitrogens with one attached hydrogen (secondary N) is 1. The molecular formula is C15H14ClFN2O2. The summed E-state index contributed by atoms with van der Waals surface area (Å²) in [6.07, 6.45) is 0.272. The molecule has 0 fully saturated rings. The summed E-state index contributed by atoms with van der Waals surface area (Å²) in [5.41, 5.74) is 6.58. The van der Waals surface area contributed by atoms with Crippen molar-refractivity contribution in [1.29, 1.82) is 0 Å². The van der Waals surface area contributed by atoms with Crippen LogP contribution < -0.4 is 11.1 Å². The molecule has 1 atom stereocenters. The number of anilines is 1. The van der Waals surface area contributed by atoms with Crippen molar-refractivity contribution >= 4 is 23.2 Å². The molecule has 0 bridgehead atoms. The molecule has 0 aromatic heterocycles. The highest BCUT2D eigenvalue weighted by Gasteiger charge is 2.16. The Morgan fingerprint density at radius 1 is 1.29 bits per heavy atom. The van der Waals surface area contributed by atoms with E-state index >= 15 is 0 Å². The Morgan fingerprint density at radius 3 is 2.62 bits per heavy atom. The van der Waals surface area contributed by atoms with E-state index < -0.39 is 17.8 Å². The van der Waals surface area contributed by atoms with Gasteiger partial charge in [-0.3, -0.25) is 4.79 Å². The molecule has 0 heterocycles. The van der Waals surface area contributed by atoms with E-state index in [1.54, 1.807) is 12.1 Å². The molecule has 0 unspecified atom stereocenters. The maximum atomic E-state index is 13.5. The standard InChI is InChI=1S/C15H14ClFN2O2/c16-10-3-6-12(17)14(8-10)19-15(21)13(18)7-9-1-4-11(20)5-2-9/h1-6,8,13,20H,7,18H2,(H,19,21)/t13-/m0/s1. The number of phenols is 1. The molecule has 0 aliphatic rings. The Labute approximate surface area is 126 Å². The van der Waals surface area contributed by atoms with E-state index in [-0.39, 0.29) is 17.9 Å². The Morgan fingerprint density at radius 2 is 1.95 bits per heavy atom. The minimum absolute atomic E-state index is 0.00587. The van der Waals surface area contributed by atoms with Crippen LogP contribution in [0.15, 0.2) is 42.5 Å². The monoisotopic (exact) mass is 308 g/mol. The van der Waals surface area contributed by atoms with Gasteiger partial charge in [-0.2, -0.15) is 0 Å². The molecule has 0 radical (unpaired) electrons. The zero-order valence-corrected chi connectivity index (χ0v) is 11.8. The summed E-state index contributed by atoms with van der Waals surface area (Å²) in [6, 6.07) is 9.40. The molecule has 2 aromatic rings. The van der Waals surface area contributed by atoms with E-state index in [1.165, 1.54) is 30.3 Å². The predicted octanol–water partition coefficient (Wildman–Crippen LogP) is 2.69. The second-order valence-electron chi connectivity index (χ2n) is 4.59. The van der Waals surface area contributed by atoms with Crippen molar-refractivity contribution in [2.45, 2.75) is 12.5 Å². The Hall–Kier alpha value is -2.11. The summed E-state index contributed by atoms with van der Waals surface area (Å²) >= 11 is 5.75. The van der Waals surface area contributed by atoms with E-state index in [2.05, 4.69) is 5.32 Å². The number of halogens is 2. The van der Waals surface area contributed by atoms with Gasteiger partial charge in [-0.15, -0.1) is 0 Å². The largest absolute Gasteiger partial charge is 0.508 e. The van der Waals surface area contributed by atoms with Crippen LogP contribution in [0.2, 0.25) is 5.02 Å². The van der Waals surface area contributed by atoms with Crippen molar-refractivity contribution in [3.8, 4) is 5.75 Å². The van der Waals surface area contributed by atoms with E-state index in [0.717, 1.165) is 5.56 Å². The van der Waals surface area contributed by atoms with Crippen molar-refractivity contribution in [3.05, 3.63) is 58.9 Å². The first kappa shape index (κ1) is 15.3.